The highest BCUT2D eigenvalue weighted by Gasteiger charge is 2.65. The van der Waals surface area contributed by atoms with E-state index in [9.17, 15) is 9.90 Å². The van der Waals surface area contributed by atoms with Gasteiger partial charge in [-0.15, -0.1) is 0 Å². The van der Waals surface area contributed by atoms with E-state index >= 15 is 0 Å². The third kappa shape index (κ3) is 0.725. The van der Waals surface area contributed by atoms with Crippen molar-refractivity contribution in [2.45, 2.75) is 33.1 Å². The SMILES string of the molecule is C=C1CC2CCC1(C(=O)O)C2(C)C. The normalized spacial score (nSPS) is 41.1. The van der Waals surface area contributed by atoms with Gasteiger partial charge in [-0.1, -0.05) is 26.0 Å². The second-order valence-corrected chi connectivity index (χ2v) is 4.98. The molecule has 0 saturated heterocycles. The molecule has 0 aromatic heterocycles. The molecule has 1 N–H and O–H groups in total. The zero-order valence-electron chi connectivity index (χ0n) is 8.26. The first-order chi connectivity index (χ1) is 5.93. The van der Waals surface area contributed by atoms with Crippen molar-refractivity contribution in [1.29, 1.82) is 0 Å². The van der Waals surface area contributed by atoms with Gasteiger partial charge in [0.15, 0.2) is 0 Å². The Morgan fingerprint density at radius 1 is 1.62 bits per heavy atom. The summed E-state index contributed by atoms with van der Waals surface area (Å²) >= 11 is 0. The van der Waals surface area contributed by atoms with E-state index in [0.29, 0.717) is 5.92 Å². The van der Waals surface area contributed by atoms with Crippen LogP contribution in [0, 0.1) is 16.7 Å². The third-order valence-corrected chi connectivity index (χ3v) is 4.45. The van der Waals surface area contributed by atoms with Gasteiger partial charge in [-0.3, -0.25) is 4.79 Å². The first-order valence-electron chi connectivity index (χ1n) is 4.84. The summed E-state index contributed by atoms with van der Waals surface area (Å²) in [6, 6.07) is 0. The molecule has 2 unspecified atom stereocenters. The van der Waals surface area contributed by atoms with Crippen LogP contribution >= 0.6 is 0 Å². The molecule has 0 aliphatic heterocycles. The average molecular weight is 180 g/mol. The molecule has 0 amide bonds. The van der Waals surface area contributed by atoms with Crippen LogP contribution in [-0.4, -0.2) is 11.1 Å². The van der Waals surface area contributed by atoms with Crippen molar-refractivity contribution in [2.24, 2.45) is 16.7 Å². The van der Waals surface area contributed by atoms with Gasteiger partial charge in [-0.25, -0.2) is 0 Å². The fourth-order valence-electron chi connectivity index (χ4n) is 3.42. The van der Waals surface area contributed by atoms with Crippen molar-refractivity contribution in [3.8, 4) is 0 Å². The predicted octanol–water partition coefficient (Wildman–Crippen LogP) is 2.45. The maximum Gasteiger partial charge on any atom is 0.314 e. The largest absolute Gasteiger partial charge is 0.481 e. The molecule has 0 aromatic carbocycles. The van der Waals surface area contributed by atoms with Crippen molar-refractivity contribution in [3.63, 3.8) is 0 Å². The molecule has 2 aliphatic carbocycles. The van der Waals surface area contributed by atoms with Crippen LogP contribution in [0.4, 0.5) is 0 Å². The first-order valence-corrected chi connectivity index (χ1v) is 4.84. The number of rotatable bonds is 1. The number of carbonyl (C=O) groups is 1. The average Bonchev–Trinajstić information content (AvgIpc) is 2.35. The highest BCUT2D eigenvalue weighted by atomic mass is 16.4. The lowest BCUT2D eigenvalue weighted by atomic mass is 9.68. The molecule has 2 saturated carbocycles. The van der Waals surface area contributed by atoms with Crippen LogP contribution < -0.4 is 0 Å². The number of carboxylic acid groups (broad SMARTS) is 1. The smallest absolute Gasteiger partial charge is 0.314 e. The van der Waals surface area contributed by atoms with Gasteiger partial charge >= 0.3 is 5.97 Å². The number of hydrogen-bond donors (Lipinski definition) is 1. The molecule has 0 aromatic rings. The highest BCUT2D eigenvalue weighted by molar-refractivity contribution is 5.81. The summed E-state index contributed by atoms with van der Waals surface area (Å²) in [6.45, 7) is 8.11. The van der Waals surface area contributed by atoms with Crippen molar-refractivity contribution < 1.29 is 9.90 Å². The fraction of sp³-hybridized carbons (Fsp3) is 0.727. The molecule has 2 atom stereocenters. The van der Waals surface area contributed by atoms with Crippen molar-refractivity contribution >= 4 is 5.97 Å². The Morgan fingerprint density at radius 2 is 2.23 bits per heavy atom. The predicted molar refractivity (Wildman–Crippen MR) is 50.3 cm³/mol. The van der Waals surface area contributed by atoms with Crippen LogP contribution in [0.3, 0.4) is 0 Å². The summed E-state index contributed by atoms with van der Waals surface area (Å²) in [5, 5.41) is 9.34. The van der Waals surface area contributed by atoms with E-state index in [2.05, 4.69) is 20.4 Å². The molecule has 0 heterocycles. The Bertz CT molecular complexity index is 290. The minimum absolute atomic E-state index is 0.0874. The van der Waals surface area contributed by atoms with Crippen molar-refractivity contribution in [3.05, 3.63) is 12.2 Å². The molecule has 2 nitrogen and oxygen atoms in total. The minimum Gasteiger partial charge on any atom is -0.481 e. The van der Waals surface area contributed by atoms with E-state index in [-0.39, 0.29) is 5.41 Å². The number of aliphatic carboxylic acids is 1. The molecule has 0 radical (unpaired) electrons. The molecular weight excluding hydrogens is 164 g/mol. The van der Waals surface area contributed by atoms with Gasteiger partial charge in [0, 0.05) is 0 Å². The lowest BCUT2D eigenvalue weighted by Crippen LogP contribution is -2.39. The van der Waals surface area contributed by atoms with E-state index in [1.165, 1.54) is 0 Å². The quantitative estimate of drug-likeness (QED) is 0.629. The van der Waals surface area contributed by atoms with Crippen LogP contribution in [0.15, 0.2) is 12.2 Å². The standard InChI is InChI=1S/C11H16O2/c1-7-6-8-4-5-11(7,9(12)13)10(8,2)3/h8H,1,4-6H2,2-3H3,(H,12,13). The number of hydrogen-bond acceptors (Lipinski definition) is 1. The first kappa shape index (κ1) is 8.79. The minimum atomic E-state index is -0.664. The van der Waals surface area contributed by atoms with Gasteiger partial charge in [0.1, 0.15) is 0 Å². The molecular formula is C11H16O2. The Labute approximate surface area is 78.6 Å². The second kappa shape index (κ2) is 2.17. The summed E-state index contributed by atoms with van der Waals surface area (Å²) in [6.07, 6.45) is 2.76. The van der Waals surface area contributed by atoms with Crippen molar-refractivity contribution in [1.82, 2.24) is 0 Å². The lowest BCUT2D eigenvalue weighted by molar-refractivity contribution is -0.150. The topological polar surface area (TPSA) is 37.3 Å². The summed E-state index contributed by atoms with van der Waals surface area (Å²) in [7, 11) is 0. The van der Waals surface area contributed by atoms with Crippen LogP contribution in [0.25, 0.3) is 0 Å². The monoisotopic (exact) mass is 180 g/mol. The molecule has 0 spiro atoms. The molecule has 13 heavy (non-hydrogen) atoms. The molecule has 2 aliphatic rings. The maximum atomic E-state index is 11.3. The van der Waals surface area contributed by atoms with E-state index in [1.54, 1.807) is 0 Å². The summed E-state index contributed by atoms with van der Waals surface area (Å²) in [5.74, 6) is -0.126. The second-order valence-electron chi connectivity index (χ2n) is 4.98. The Morgan fingerprint density at radius 3 is 2.46 bits per heavy atom. The molecule has 2 bridgehead atoms. The van der Waals surface area contributed by atoms with E-state index in [0.717, 1.165) is 24.8 Å². The van der Waals surface area contributed by atoms with Gasteiger partial charge in [0.2, 0.25) is 0 Å². The van der Waals surface area contributed by atoms with E-state index < -0.39 is 11.4 Å². The Hall–Kier alpha value is -0.790. The third-order valence-electron chi connectivity index (χ3n) is 4.45. The summed E-state index contributed by atoms with van der Waals surface area (Å²) in [5.41, 5.74) is 0.245. The van der Waals surface area contributed by atoms with Gasteiger partial charge in [0.05, 0.1) is 5.41 Å². The summed E-state index contributed by atoms with van der Waals surface area (Å²) < 4.78 is 0. The molecule has 72 valence electrons. The molecule has 2 heteroatoms. The van der Waals surface area contributed by atoms with Crippen LogP contribution in [0.2, 0.25) is 0 Å². The number of fused-ring (bicyclic) bond motifs is 2. The Kier molecular flexibility index (Phi) is 1.47. The van der Waals surface area contributed by atoms with Gasteiger partial charge in [-0.2, -0.15) is 0 Å². The van der Waals surface area contributed by atoms with Gasteiger partial charge < -0.3 is 5.11 Å². The van der Waals surface area contributed by atoms with Crippen LogP contribution in [-0.2, 0) is 4.79 Å². The van der Waals surface area contributed by atoms with Crippen LogP contribution in [0.1, 0.15) is 33.1 Å². The van der Waals surface area contributed by atoms with Crippen molar-refractivity contribution in [2.75, 3.05) is 0 Å². The Balaban J connectivity index is 2.55. The van der Waals surface area contributed by atoms with Gasteiger partial charge in [0.25, 0.3) is 0 Å². The highest BCUT2D eigenvalue weighted by Crippen LogP contribution is 2.67. The van der Waals surface area contributed by atoms with E-state index in [1.807, 2.05) is 0 Å². The maximum absolute atomic E-state index is 11.3. The zero-order valence-corrected chi connectivity index (χ0v) is 8.26. The fourth-order valence-corrected chi connectivity index (χ4v) is 3.42. The zero-order chi connectivity index (χ0) is 9.85. The van der Waals surface area contributed by atoms with Crippen LogP contribution in [0.5, 0.6) is 0 Å². The molecule has 2 rings (SSSR count). The van der Waals surface area contributed by atoms with E-state index in [4.69, 9.17) is 0 Å². The summed E-state index contributed by atoms with van der Waals surface area (Å²) in [4.78, 5) is 11.3. The lowest BCUT2D eigenvalue weighted by Gasteiger charge is -2.34. The molecule has 2 fully saturated rings. The number of carboxylic acids is 1. The van der Waals surface area contributed by atoms with Gasteiger partial charge in [-0.05, 0) is 30.6 Å².